The van der Waals surface area contributed by atoms with Crippen molar-refractivity contribution in [2.24, 2.45) is 0 Å². The molecule has 0 saturated carbocycles. The summed E-state index contributed by atoms with van der Waals surface area (Å²) in [5, 5.41) is 1.22. The third kappa shape index (κ3) is 9.98. The first kappa shape index (κ1) is 34.0. The minimum absolute atomic E-state index is 0.0557. The molecule has 0 bridgehead atoms. The number of alkyl halides is 2. The summed E-state index contributed by atoms with van der Waals surface area (Å²) >= 11 is 20.7. The van der Waals surface area contributed by atoms with E-state index in [1.807, 2.05) is 27.7 Å². The van der Waals surface area contributed by atoms with Gasteiger partial charge in [-0.3, -0.25) is 0 Å². The molecule has 208 valence electrons. The van der Waals surface area contributed by atoms with Gasteiger partial charge >= 0.3 is 0 Å². The molecular weight excluding hydrogens is 896 g/mol. The molecule has 0 aliphatic carbocycles. The number of halogens is 6. The monoisotopic (exact) mass is 918 g/mol. The molecule has 0 spiro atoms. The molecule has 0 aromatic heterocycles. The highest BCUT2D eigenvalue weighted by Gasteiger charge is 2.25. The van der Waals surface area contributed by atoms with Gasteiger partial charge in [0.25, 0.3) is 0 Å². The van der Waals surface area contributed by atoms with E-state index in [2.05, 4.69) is 95.6 Å². The van der Waals surface area contributed by atoms with Gasteiger partial charge in [0.1, 0.15) is 36.9 Å². The van der Waals surface area contributed by atoms with E-state index < -0.39 is 9.84 Å². The maximum atomic E-state index is 13.5. The van der Waals surface area contributed by atoms with Crippen molar-refractivity contribution in [1.29, 1.82) is 0 Å². The minimum Gasteiger partial charge on any atom is -0.488 e. The summed E-state index contributed by atoms with van der Waals surface area (Å²) in [7, 11) is -3.86. The molecule has 0 radical (unpaired) electrons. The zero-order valence-electron chi connectivity index (χ0n) is 20.6. The molecule has 2 aromatic rings. The van der Waals surface area contributed by atoms with Gasteiger partial charge in [0, 0.05) is 10.7 Å². The zero-order chi connectivity index (χ0) is 27.9. The highest BCUT2D eigenvalue weighted by Crippen LogP contribution is 2.41. The lowest BCUT2D eigenvalue weighted by Gasteiger charge is -2.20. The van der Waals surface area contributed by atoms with Crippen molar-refractivity contribution in [3.05, 3.63) is 42.2 Å². The number of ether oxygens (including phenoxy) is 4. The Labute approximate surface area is 269 Å². The molecule has 13 heteroatoms. The van der Waals surface area contributed by atoms with Crippen molar-refractivity contribution in [2.75, 3.05) is 23.9 Å². The second kappa shape index (κ2) is 15.7. The van der Waals surface area contributed by atoms with Gasteiger partial charge in [-0.25, -0.2) is 8.42 Å². The molecule has 6 nitrogen and oxygen atoms in total. The van der Waals surface area contributed by atoms with Crippen LogP contribution in [0.2, 0.25) is 0 Å². The molecule has 0 heterocycles. The average Bonchev–Trinajstić information content (AvgIpc) is 2.80. The summed E-state index contributed by atoms with van der Waals surface area (Å²) in [6.45, 7) is 8.42. The quantitative estimate of drug-likeness (QED) is 0.177. The standard InChI is InChI=1S/C24H28Br6O6S/c1-13(2)35-15(9-25)11-33-23-19(27)5-17(6-20(23)28)37(31,32)18-7-21(29)24(22(30)8-18)34-12-16(10-26)36-14(3)4/h5-8,13-16H,9-12H2,1-4H3. The normalized spacial score (nSPS) is 13.7. The van der Waals surface area contributed by atoms with E-state index in [1.165, 1.54) is 24.3 Å². The SMILES string of the molecule is CC(C)OC(CBr)COc1c(Br)cc(S(=O)(=O)c2cc(Br)c(OCC(CBr)OC(C)C)c(Br)c2)cc1Br. The van der Waals surface area contributed by atoms with Crippen molar-refractivity contribution in [2.45, 2.75) is 61.9 Å². The molecule has 37 heavy (non-hydrogen) atoms. The molecule has 0 N–H and O–H groups in total. The third-order valence-electron chi connectivity index (χ3n) is 4.66. The Morgan fingerprint density at radius 3 is 1.19 bits per heavy atom. The van der Waals surface area contributed by atoms with Crippen molar-refractivity contribution in [3.8, 4) is 11.5 Å². The Kier molecular flexibility index (Phi) is 14.4. The largest absolute Gasteiger partial charge is 0.488 e. The van der Waals surface area contributed by atoms with Crippen molar-refractivity contribution < 1.29 is 27.4 Å². The fraction of sp³-hybridized carbons (Fsp3) is 0.500. The van der Waals surface area contributed by atoms with E-state index >= 15 is 0 Å². The van der Waals surface area contributed by atoms with Crippen LogP contribution in [-0.2, 0) is 19.3 Å². The topological polar surface area (TPSA) is 71.1 Å². The maximum Gasteiger partial charge on any atom is 0.206 e. The smallest absolute Gasteiger partial charge is 0.206 e. The highest BCUT2D eigenvalue weighted by atomic mass is 79.9. The number of hydrogen-bond donors (Lipinski definition) is 0. The predicted molar refractivity (Wildman–Crippen MR) is 168 cm³/mol. The minimum atomic E-state index is -3.86. The lowest BCUT2D eigenvalue weighted by Crippen LogP contribution is -2.26. The summed E-state index contributed by atoms with van der Waals surface area (Å²) in [4.78, 5) is 0.206. The van der Waals surface area contributed by atoms with E-state index in [9.17, 15) is 8.42 Å². The summed E-state index contributed by atoms with van der Waals surface area (Å²) in [5.74, 6) is 0.988. The van der Waals surface area contributed by atoms with E-state index in [0.29, 0.717) is 53.3 Å². The van der Waals surface area contributed by atoms with E-state index in [1.54, 1.807) is 0 Å². The summed E-state index contributed by atoms with van der Waals surface area (Å²) < 4.78 is 52.5. The Hall–Kier alpha value is 0.790. The lowest BCUT2D eigenvalue weighted by molar-refractivity contribution is -0.00331. The van der Waals surface area contributed by atoms with Crippen LogP contribution in [0.4, 0.5) is 0 Å². The van der Waals surface area contributed by atoms with Crippen LogP contribution in [0, 0.1) is 0 Å². The lowest BCUT2D eigenvalue weighted by atomic mass is 10.3. The Balaban J connectivity index is 2.28. The summed E-state index contributed by atoms with van der Waals surface area (Å²) in [6.07, 6.45) is -0.195. The first-order valence-corrected chi connectivity index (χ1v) is 18.1. The van der Waals surface area contributed by atoms with Crippen LogP contribution in [0.1, 0.15) is 27.7 Å². The summed E-state index contributed by atoms with van der Waals surface area (Å²) in [6, 6.07) is 6.10. The average molecular weight is 924 g/mol. The van der Waals surface area contributed by atoms with Gasteiger partial charge in [0.05, 0.1) is 39.9 Å². The van der Waals surface area contributed by atoms with Crippen LogP contribution in [0.5, 0.6) is 11.5 Å². The number of benzene rings is 2. The van der Waals surface area contributed by atoms with Crippen LogP contribution < -0.4 is 9.47 Å². The number of hydrogen-bond acceptors (Lipinski definition) is 6. The molecular formula is C24H28Br6O6S. The van der Waals surface area contributed by atoms with E-state index in [0.717, 1.165) is 0 Å². The molecule has 2 rings (SSSR count). The van der Waals surface area contributed by atoms with Gasteiger partial charge in [-0.2, -0.15) is 0 Å². The molecule has 0 aliphatic rings. The maximum absolute atomic E-state index is 13.5. The van der Waals surface area contributed by atoms with Gasteiger partial charge in [0.15, 0.2) is 0 Å². The van der Waals surface area contributed by atoms with Gasteiger partial charge in [-0.1, -0.05) is 31.9 Å². The second-order valence-electron chi connectivity index (χ2n) is 8.48. The Morgan fingerprint density at radius 2 is 0.946 bits per heavy atom. The zero-order valence-corrected chi connectivity index (χ0v) is 30.9. The number of rotatable bonds is 14. The Bertz CT molecular complexity index is 1030. The molecule has 0 fully saturated rings. The second-order valence-corrected chi connectivity index (χ2v) is 15.1. The van der Waals surface area contributed by atoms with Gasteiger partial charge < -0.3 is 18.9 Å². The van der Waals surface area contributed by atoms with Crippen LogP contribution in [0.25, 0.3) is 0 Å². The van der Waals surface area contributed by atoms with Gasteiger partial charge in [0.2, 0.25) is 9.84 Å². The Morgan fingerprint density at radius 1 is 0.649 bits per heavy atom. The van der Waals surface area contributed by atoms with Crippen molar-refractivity contribution >= 4 is 105 Å². The third-order valence-corrected chi connectivity index (χ3v) is 10.2. The molecule has 0 aliphatic heterocycles. The van der Waals surface area contributed by atoms with E-state index in [4.69, 9.17) is 18.9 Å². The summed E-state index contributed by atoms with van der Waals surface area (Å²) in [5.41, 5.74) is 0. The molecule has 2 atom stereocenters. The van der Waals surface area contributed by atoms with Crippen LogP contribution in [0.3, 0.4) is 0 Å². The fourth-order valence-corrected chi connectivity index (χ4v) is 8.64. The van der Waals surface area contributed by atoms with Crippen LogP contribution in [0.15, 0.2) is 51.9 Å². The highest BCUT2D eigenvalue weighted by molar-refractivity contribution is 9.11. The molecule has 2 aromatic carbocycles. The fourth-order valence-electron chi connectivity index (χ4n) is 3.16. The molecule has 2 unspecified atom stereocenters. The van der Waals surface area contributed by atoms with Crippen molar-refractivity contribution in [1.82, 2.24) is 0 Å². The van der Waals surface area contributed by atoms with Crippen LogP contribution >= 0.6 is 95.6 Å². The van der Waals surface area contributed by atoms with E-state index in [-0.39, 0.29) is 34.2 Å². The molecule has 0 amide bonds. The first-order chi connectivity index (χ1) is 17.3. The van der Waals surface area contributed by atoms with Crippen LogP contribution in [-0.4, -0.2) is 56.7 Å². The van der Waals surface area contributed by atoms with Crippen molar-refractivity contribution in [3.63, 3.8) is 0 Å². The number of sulfone groups is 1. The predicted octanol–water partition coefficient (Wildman–Crippen LogP) is 8.70. The first-order valence-electron chi connectivity index (χ1n) is 11.2. The molecule has 0 saturated heterocycles. The van der Waals surface area contributed by atoms with Gasteiger partial charge in [-0.15, -0.1) is 0 Å². The van der Waals surface area contributed by atoms with Gasteiger partial charge in [-0.05, 0) is 116 Å².